The molecule has 0 atom stereocenters. The van der Waals surface area contributed by atoms with Crippen LogP contribution in [0.4, 0.5) is 18.2 Å². The van der Waals surface area contributed by atoms with E-state index in [-0.39, 0.29) is 16.7 Å². The Bertz CT molecular complexity index is 505. The smallest absolute Gasteiger partial charge is 0.389 e. The molecular formula is C10H7F3N2S2. The maximum Gasteiger partial charge on any atom is 0.446 e. The van der Waals surface area contributed by atoms with Gasteiger partial charge in [-0.05, 0) is 23.9 Å². The van der Waals surface area contributed by atoms with Gasteiger partial charge in [0.15, 0.2) is 0 Å². The number of hydrogen-bond acceptors (Lipinski definition) is 4. The van der Waals surface area contributed by atoms with E-state index in [4.69, 9.17) is 5.73 Å². The lowest BCUT2D eigenvalue weighted by Gasteiger charge is -2.06. The fraction of sp³-hybridized carbons (Fsp3) is 0.100. The molecule has 0 spiro atoms. The van der Waals surface area contributed by atoms with Crippen molar-refractivity contribution in [2.45, 2.75) is 10.4 Å². The van der Waals surface area contributed by atoms with Gasteiger partial charge in [0.25, 0.3) is 0 Å². The molecule has 0 saturated heterocycles. The third-order valence-corrected chi connectivity index (χ3v) is 3.35. The molecule has 0 amide bonds. The van der Waals surface area contributed by atoms with Crippen molar-refractivity contribution in [2.24, 2.45) is 0 Å². The van der Waals surface area contributed by atoms with Crippen LogP contribution in [-0.2, 0) is 0 Å². The Morgan fingerprint density at radius 3 is 2.29 bits per heavy atom. The summed E-state index contributed by atoms with van der Waals surface area (Å²) in [5.41, 5.74) is 4.35. The Morgan fingerprint density at radius 1 is 1.18 bits per heavy atom. The summed E-state index contributed by atoms with van der Waals surface area (Å²) in [7, 11) is 0. The zero-order chi connectivity index (χ0) is 12.5. The number of anilines is 1. The molecule has 2 rings (SSSR count). The van der Waals surface area contributed by atoms with Gasteiger partial charge in [-0.25, -0.2) is 4.98 Å². The highest BCUT2D eigenvalue weighted by atomic mass is 32.2. The lowest BCUT2D eigenvalue weighted by Crippen LogP contribution is -1.98. The first-order valence-electron chi connectivity index (χ1n) is 4.51. The van der Waals surface area contributed by atoms with Crippen molar-refractivity contribution in [3.05, 3.63) is 29.8 Å². The van der Waals surface area contributed by atoms with E-state index < -0.39 is 5.51 Å². The van der Waals surface area contributed by atoms with Crippen LogP contribution in [0.3, 0.4) is 0 Å². The minimum atomic E-state index is -4.26. The average Bonchev–Trinajstić information content (AvgIpc) is 2.63. The fourth-order valence-corrected chi connectivity index (χ4v) is 2.38. The molecule has 90 valence electrons. The van der Waals surface area contributed by atoms with E-state index in [0.717, 1.165) is 5.56 Å². The number of halogens is 3. The van der Waals surface area contributed by atoms with Crippen LogP contribution in [0.1, 0.15) is 0 Å². The number of aromatic nitrogens is 1. The molecule has 0 aliphatic carbocycles. The van der Waals surface area contributed by atoms with E-state index in [1.54, 1.807) is 17.6 Å². The first-order chi connectivity index (χ1) is 7.96. The number of nitrogens with two attached hydrogens (primary N) is 1. The lowest BCUT2D eigenvalue weighted by molar-refractivity contribution is -0.0328. The Kier molecular flexibility index (Phi) is 3.30. The van der Waals surface area contributed by atoms with Crippen molar-refractivity contribution in [2.75, 3.05) is 5.73 Å². The molecule has 0 bridgehead atoms. The van der Waals surface area contributed by atoms with E-state index in [9.17, 15) is 13.2 Å². The molecule has 0 unspecified atom stereocenters. The second kappa shape index (κ2) is 4.58. The minimum Gasteiger partial charge on any atom is -0.389 e. The van der Waals surface area contributed by atoms with Crippen molar-refractivity contribution < 1.29 is 13.2 Å². The molecule has 1 aromatic carbocycles. The third-order valence-electron chi connectivity index (χ3n) is 1.96. The summed E-state index contributed by atoms with van der Waals surface area (Å²) in [5.74, 6) is 0. The summed E-state index contributed by atoms with van der Waals surface area (Å²) < 4.78 is 36.3. The van der Waals surface area contributed by atoms with E-state index in [1.165, 1.54) is 23.5 Å². The maximum atomic E-state index is 12.1. The number of thiazole rings is 1. The molecule has 0 aliphatic rings. The summed E-state index contributed by atoms with van der Waals surface area (Å²) in [5, 5.41) is 0.557. The molecule has 2 nitrogen and oxygen atoms in total. The minimum absolute atomic E-state index is 0.138. The van der Waals surface area contributed by atoms with Crippen molar-refractivity contribution in [3.63, 3.8) is 0 Å². The summed E-state index contributed by atoms with van der Waals surface area (Å²) in [6.07, 6.45) is 0. The molecule has 2 N–H and O–H groups in total. The standard InChI is InChI=1S/C10H7F3N2S2/c11-10(12,13)17-7-3-1-6(2-4-7)8-9(14)16-5-15-8/h1-5H,14H2. The number of nitrogens with zero attached hydrogens (tertiary/aromatic N) is 1. The van der Waals surface area contributed by atoms with Crippen molar-refractivity contribution in [1.82, 2.24) is 4.98 Å². The molecule has 0 saturated carbocycles. The Labute approximate surface area is 104 Å². The Hall–Kier alpha value is -1.21. The van der Waals surface area contributed by atoms with Gasteiger partial charge in [-0.1, -0.05) is 12.1 Å². The second-order valence-electron chi connectivity index (χ2n) is 3.14. The number of alkyl halides is 3. The van der Waals surface area contributed by atoms with Gasteiger partial charge in [-0.2, -0.15) is 13.2 Å². The largest absolute Gasteiger partial charge is 0.446 e. The molecule has 1 heterocycles. The van der Waals surface area contributed by atoms with Gasteiger partial charge in [-0.15, -0.1) is 11.3 Å². The summed E-state index contributed by atoms with van der Waals surface area (Å²) in [6.45, 7) is 0. The SMILES string of the molecule is Nc1scnc1-c1ccc(SC(F)(F)F)cc1. The van der Waals surface area contributed by atoms with Gasteiger partial charge < -0.3 is 5.73 Å². The second-order valence-corrected chi connectivity index (χ2v) is 5.16. The first-order valence-corrected chi connectivity index (χ1v) is 6.20. The normalized spacial score (nSPS) is 11.7. The molecule has 2 aromatic rings. The predicted molar refractivity (Wildman–Crippen MR) is 63.9 cm³/mol. The van der Waals surface area contributed by atoms with Crippen LogP contribution in [0.2, 0.25) is 0 Å². The van der Waals surface area contributed by atoms with Crippen LogP contribution in [0, 0.1) is 0 Å². The van der Waals surface area contributed by atoms with Gasteiger partial charge in [0, 0.05) is 10.5 Å². The fourth-order valence-electron chi connectivity index (χ4n) is 1.29. The molecule has 17 heavy (non-hydrogen) atoms. The number of nitrogen functional groups attached to an aromatic ring is 1. The molecule has 1 aromatic heterocycles. The van der Waals surface area contributed by atoms with Gasteiger partial charge in [0.2, 0.25) is 0 Å². The van der Waals surface area contributed by atoms with Crippen LogP contribution in [-0.4, -0.2) is 10.5 Å². The average molecular weight is 276 g/mol. The zero-order valence-electron chi connectivity index (χ0n) is 8.36. The lowest BCUT2D eigenvalue weighted by atomic mass is 10.2. The molecule has 0 aliphatic heterocycles. The highest BCUT2D eigenvalue weighted by molar-refractivity contribution is 8.00. The number of thioether (sulfide) groups is 1. The third kappa shape index (κ3) is 3.13. The highest BCUT2D eigenvalue weighted by Gasteiger charge is 2.29. The summed E-state index contributed by atoms with van der Waals surface area (Å²) in [4.78, 5) is 4.20. The van der Waals surface area contributed by atoms with Gasteiger partial charge in [0.05, 0.1) is 5.51 Å². The Morgan fingerprint density at radius 2 is 1.82 bits per heavy atom. The van der Waals surface area contributed by atoms with E-state index in [0.29, 0.717) is 10.7 Å². The van der Waals surface area contributed by atoms with Crippen molar-refractivity contribution >= 4 is 28.1 Å². The van der Waals surface area contributed by atoms with Crippen molar-refractivity contribution in [1.29, 1.82) is 0 Å². The molecule has 7 heteroatoms. The van der Waals surface area contributed by atoms with E-state index >= 15 is 0 Å². The number of benzene rings is 1. The van der Waals surface area contributed by atoms with Crippen molar-refractivity contribution in [3.8, 4) is 11.3 Å². The quantitative estimate of drug-likeness (QED) is 0.842. The number of hydrogen-bond donors (Lipinski definition) is 1. The molecular weight excluding hydrogens is 269 g/mol. The highest BCUT2D eigenvalue weighted by Crippen LogP contribution is 2.37. The predicted octanol–water partition coefficient (Wildman–Crippen LogP) is 4.00. The van der Waals surface area contributed by atoms with Gasteiger partial charge in [-0.3, -0.25) is 0 Å². The van der Waals surface area contributed by atoms with Gasteiger partial charge in [0.1, 0.15) is 10.7 Å². The zero-order valence-corrected chi connectivity index (χ0v) is 9.99. The van der Waals surface area contributed by atoms with Crippen LogP contribution in [0.5, 0.6) is 0 Å². The van der Waals surface area contributed by atoms with Crippen LogP contribution < -0.4 is 5.73 Å². The first kappa shape index (κ1) is 12.3. The van der Waals surface area contributed by atoms with E-state index in [2.05, 4.69) is 4.98 Å². The topological polar surface area (TPSA) is 38.9 Å². The van der Waals surface area contributed by atoms with Crippen LogP contribution >= 0.6 is 23.1 Å². The monoisotopic (exact) mass is 276 g/mol. The maximum absolute atomic E-state index is 12.1. The summed E-state index contributed by atoms with van der Waals surface area (Å²) >= 11 is 1.16. The summed E-state index contributed by atoms with van der Waals surface area (Å²) in [6, 6.07) is 5.98. The molecule has 0 fully saturated rings. The number of rotatable bonds is 2. The Balaban J connectivity index is 2.22. The van der Waals surface area contributed by atoms with Crippen LogP contribution in [0.15, 0.2) is 34.7 Å². The van der Waals surface area contributed by atoms with Crippen LogP contribution in [0.25, 0.3) is 11.3 Å². The van der Waals surface area contributed by atoms with E-state index in [1.807, 2.05) is 0 Å². The molecule has 0 radical (unpaired) electrons. The van der Waals surface area contributed by atoms with Gasteiger partial charge >= 0.3 is 5.51 Å².